The van der Waals surface area contributed by atoms with Gasteiger partial charge in [-0.3, -0.25) is 9.48 Å². The summed E-state index contributed by atoms with van der Waals surface area (Å²) >= 11 is 0. The van der Waals surface area contributed by atoms with Gasteiger partial charge in [-0.1, -0.05) is 6.07 Å². The third-order valence-corrected chi connectivity index (χ3v) is 5.87. The van der Waals surface area contributed by atoms with Gasteiger partial charge in [0.25, 0.3) is 5.91 Å². The molecule has 0 aliphatic carbocycles. The fraction of sp³-hybridized carbons (Fsp3) is 0.200. The van der Waals surface area contributed by atoms with E-state index in [0.29, 0.717) is 23.7 Å². The number of nitrogens with zero attached hydrogens (tertiary/aromatic N) is 3. The van der Waals surface area contributed by atoms with Gasteiger partial charge in [0.1, 0.15) is 17.5 Å². The topological polar surface area (TPSA) is 147 Å². The average molecular weight is 528 g/mol. The smallest absolute Gasteiger partial charge is 0.404 e. The Labute approximate surface area is 214 Å². The minimum atomic E-state index is -1.40. The molecule has 0 aliphatic rings. The predicted molar refractivity (Wildman–Crippen MR) is 135 cm³/mol. The number of aryl methyl sites for hydroxylation is 1. The third kappa shape index (κ3) is 5.45. The van der Waals surface area contributed by atoms with Gasteiger partial charge < -0.3 is 26.8 Å². The quantitative estimate of drug-likeness (QED) is 0.215. The van der Waals surface area contributed by atoms with Crippen molar-refractivity contribution in [2.75, 3.05) is 10.6 Å². The van der Waals surface area contributed by atoms with Crippen molar-refractivity contribution in [3.05, 3.63) is 77.2 Å². The number of halogens is 3. The van der Waals surface area contributed by atoms with Crippen LogP contribution >= 0.6 is 0 Å². The number of benzene rings is 2. The first-order chi connectivity index (χ1) is 18.1. The highest BCUT2D eigenvalue weighted by Gasteiger charge is 2.26. The first-order valence-corrected chi connectivity index (χ1v) is 11.5. The second-order valence-corrected chi connectivity index (χ2v) is 8.47. The number of carboxylic acid groups (broad SMARTS) is 1. The zero-order valence-electron chi connectivity index (χ0n) is 20.3. The molecule has 6 N–H and O–H groups in total. The molecule has 0 unspecified atom stereocenters. The fourth-order valence-electron chi connectivity index (χ4n) is 4.14. The Bertz CT molecular complexity index is 1510. The average Bonchev–Trinajstić information content (AvgIpc) is 3.27. The van der Waals surface area contributed by atoms with Crippen molar-refractivity contribution in [3.63, 3.8) is 0 Å². The van der Waals surface area contributed by atoms with E-state index < -0.39 is 47.4 Å². The van der Waals surface area contributed by atoms with Gasteiger partial charge in [-0.05, 0) is 49.7 Å². The van der Waals surface area contributed by atoms with E-state index in [1.807, 2.05) is 13.0 Å². The first kappa shape index (κ1) is 26.3. The van der Waals surface area contributed by atoms with Crippen molar-refractivity contribution in [3.8, 4) is 0 Å². The number of amides is 2. The SMILES string of the molecule is CCn1ncc2c(Nc3nc(N[C@@H](c4cc(F)cc(F)c4)[C@H](C)NC(=O)O)c(F)cc3C(N)=O)cccc21. The van der Waals surface area contributed by atoms with Crippen molar-refractivity contribution < 1.29 is 27.9 Å². The van der Waals surface area contributed by atoms with Crippen LogP contribution in [0.3, 0.4) is 0 Å². The standard InChI is InChI=1S/C25H24F3N7O3/c1-3-35-20-6-4-5-19(17(20)11-30-35)32-23-16(22(29)36)10-18(28)24(34-23)33-21(12(2)31-25(37)38)13-7-14(26)9-15(27)8-13/h4-12,21,31H,3H2,1-2H3,(H2,29,36)(H,37,38)(H2,32,33,34)/t12-,21+/m0/s1. The Hall–Kier alpha value is -4.81. The number of pyridine rings is 1. The summed E-state index contributed by atoms with van der Waals surface area (Å²) in [5, 5.41) is 22.1. The number of nitrogens with two attached hydrogens (primary N) is 1. The molecule has 0 radical (unpaired) electrons. The number of fused-ring (bicyclic) bond motifs is 1. The van der Waals surface area contributed by atoms with Crippen LogP contribution in [-0.4, -0.2) is 37.9 Å². The van der Waals surface area contributed by atoms with Gasteiger partial charge in [0.2, 0.25) is 0 Å². The molecular formula is C25H24F3N7O3. The molecule has 0 fully saturated rings. The predicted octanol–water partition coefficient (Wildman–Crippen LogP) is 4.52. The van der Waals surface area contributed by atoms with Gasteiger partial charge in [0.15, 0.2) is 11.6 Å². The van der Waals surface area contributed by atoms with E-state index in [-0.39, 0.29) is 16.9 Å². The summed E-state index contributed by atoms with van der Waals surface area (Å²) < 4.78 is 44.8. The number of nitrogens with one attached hydrogen (secondary N) is 3. The van der Waals surface area contributed by atoms with E-state index in [9.17, 15) is 23.5 Å². The van der Waals surface area contributed by atoms with Crippen LogP contribution < -0.4 is 21.7 Å². The molecule has 4 aromatic rings. The molecule has 2 aromatic carbocycles. The molecule has 0 saturated heterocycles. The number of rotatable bonds is 9. The molecule has 38 heavy (non-hydrogen) atoms. The van der Waals surface area contributed by atoms with Crippen LogP contribution in [-0.2, 0) is 6.54 Å². The maximum absolute atomic E-state index is 15.1. The highest BCUT2D eigenvalue weighted by Crippen LogP contribution is 2.31. The maximum atomic E-state index is 15.1. The monoisotopic (exact) mass is 527 g/mol. The van der Waals surface area contributed by atoms with Crippen molar-refractivity contribution >= 4 is 40.2 Å². The van der Waals surface area contributed by atoms with Gasteiger partial charge in [-0.15, -0.1) is 0 Å². The zero-order chi connectivity index (χ0) is 27.6. The molecule has 198 valence electrons. The van der Waals surface area contributed by atoms with E-state index in [2.05, 4.69) is 26.0 Å². The van der Waals surface area contributed by atoms with Crippen molar-refractivity contribution in [2.24, 2.45) is 5.73 Å². The number of primary amides is 1. The molecule has 10 nitrogen and oxygen atoms in total. The van der Waals surface area contributed by atoms with E-state index in [4.69, 9.17) is 5.73 Å². The van der Waals surface area contributed by atoms with Crippen LogP contribution in [0.25, 0.3) is 10.9 Å². The maximum Gasteiger partial charge on any atom is 0.404 e. The lowest BCUT2D eigenvalue weighted by Gasteiger charge is -2.27. The Kier molecular flexibility index (Phi) is 7.37. The third-order valence-electron chi connectivity index (χ3n) is 5.87. The lowest BCUT2D eigenvalue weighted by atomic mass is 10.00. The van der Waals surface area contributed by atoms with E-state index in [1.165, 1.54) is 6.92 Å². The molecule has 0 spiro atoms. The van der Waals surface area contributed by atoms with Crippen LogP contribution in [0.2, 0.25) is 0 Å². The molecule has 2 heterocycles. The van der Waals surface area contributed by atoms with Gasteiger partial charge >= 0.3 is 6.09 Å². The van der Waals surface area contributed by atoms with Gasteiger partial charge in [0.05, 0.1) is 35.0 Å². The van der Waals surface area contributed by atoms with Crippen molar-refractivity contribution in [2.45, 2.75) is 32.5 Å². The van der Waals surface area contributed by atoms with E-state index in [0.717, 1.165) is 23.7 Å². The lowest BCUT2D eigenvalue weighted by Crippen LogP contribution is -2.39. The Morgan fingerprint density at radius 2 is 1.82 bits per heavy atom. The molecule has 13 heteroatoms. The number of hydrogen-bond acceptors (Lipinski definition) is 6. The number of hydrogen-bond donors (Lipinski definition) is 5. The van der Waals surface area contributed by atoms with Crippen LogP contribution in [0.4, 0.5) is 35.3 Å². The largest absolute Gasteiger partial charge is 0.465 e. The zero-order valence-corrected chi connectivity index (χ0v) is 20.3. The molecule has 4 rings (SSSR count). The van der Waals surface area contributed by atoms with Crippen molar-refractivity contribution in [1.82, 2.24) is 20.1 Å². The van der Waals surface area contributed by atoms with Gasteiger partial charge in [-0.25, -0.2) is 22.9 Å². The van der Waals surface area contributed by atoms with Crippen LogP contribution in [0.15, 0.2) is 48.7 Å². The molecule has 2 amide bonds. The van der Waals surface area contributed by atoms with E-state index in [1.54, 1.807) is 23.0 Å². The molecule has 0 bridgehead atoms. The molecule has 0 aliphatic heterocycles. The highest BCUT2D eigenvalue weighted by atomic mass is 19.1. The highest BCUT2D eigenvalue weighted by molar-refractivity contribution is 6.00. The lowest BCUT2D eigenvalue weighted by molar-refractivity contribution is 0.1000. The normalized spacial score (nSPS) is 12.7. The van der Waals surface area contributed by atoms with Crippen molar-refractivity contribution in [1.29, 1.82) is 0 Å². The van der Waals surface area contributed by atoms with Crippen LogP contribution in [0, 0.1) is 17.5 Å². The molecule has 0 saturated carbocycles. The van der Waals surface area contributed by atoms with Crippen LogP contribution in [0.5, 0.6) is 0 Å². The Balaban J connectivity index is 1.78. The van der Waals surface area contributed by atoms with Gasteiger partial charge in [0, 0.05) is 18.0 Å². The van der Waals surface area contributed by atoms with Crippen LogP contribution in [0.1, 0.15) is 35.8 Å². The number of carbonyl (C=O) groups is 2. The summed E-state index contributed by atoms with van der Waals surface area (Å²) in [6, 6.07) is 6.68. The summed E-state index contributed by atoms with van der Waals surface area (Å²) in [7, 11) is 0. The minimum Gasteiger partial charge on any atom is -0.465 e. The summed E-state index contributed by atoms with van der Waals surface area (Å²) in [6.07, 6.45) is 0.225. The van der Waals surface area contributed by atoms with Gasteiger partial charge in [-0.2, -0.15) is 5.10 Å². The second-order valence-electron chi connectivity index (χ2n) is 8.47. The van der Waals surface area contributed by atoms with E-state index >= 15 is 4.39 Å². The number of anilines is 3. The number of aromatic nitrogens is 3. The second kappa shape index (κ2) is 10.7. The summed E-state index contributed by atoms with van der Waals surface area (Å²) in [4.78, 5) is 27.6. The minimum absolute atomic E-state index is 0.00446. The Morgan fingerprint density at radius 3 is 2.45 bits per heavy atom. The summed E-state index contributed by atoms with van der Waals surface area (Å²) in [5.74, 6) is -4.27. The fourth-order valence-corrected chi connectivity index (χ4v) is 4.14. The molecular weight excluding hydrogens is 503 g/mol. The molecule has 2 atom stereocenters. The summed E-state index contributed by atoms with van der Waals surface area (Å²) in [6.45, 7) is 3.97. The Morgan fingerprint density at radius 1 is 1.11 bits per heavy atom. The summed E-state index contributed by atoms with van der Waals surface area (Å²) in [5.41, 5.74) is 6.54. The number of carbonyl (C=O) groups excluding carboxylic acids is 1. The molecule has 2 aromatic heterocycles. The first-order valence-electron chi connectivity index (χ1n) is 11.5.